The zero-order valence-electron chi connectivity index (χ0n) is 24.3. The fraction of sp³-hybridized carbons (Fsp3) is 0.156. The number of anilines is 2. The number of nitrogens with one attached hydrogen (secondary N) is 2. The number of rotatable bonds is 12. The van der Waals surface area contributed by atoms with Gasteiger partial charge in [0.2, 0.25) is 0 Å². The summed E-state index contributed by atoms with van der Waals surface area (Å²) in [6, 6.07) is 24.9. The number of ether oxygens (including phenoxy) is 2. The molecule has 4 aromatic rings. The van der Waals surface area contributed by atoms with E-state index in [4.69, 9.17) is 21.1 Å². The number of hydrazone groups is 1. The average molecular weight is 635 g/mol. The van der Waals surface area contributed by atoms with E-state index in [1.807, 2.05) is 13.8 Å². The van der Waals surface area contributed by atoms with Gasteiger partial charge < -0.3 is 14.8 Å². The molecule has 0 atom stereocenters. The number of methoxy groups -OCH3 is 1. The smallest absolute Gasteiger partial charge is 0.264 e. The number of amides is 2. The minimum absolute atomic E-state index is 0.0345. The topological polar surface area (TPSA) is 126 Å². The molecule has 12 heteroatoms. The van der Waals surface area contributed by atoms with E-state index in [9.17, 15) is 18.0 Å². The molecule has 2 N–H and O–H groups in total. The standard InChI is InChI=1S/C32H31ClN4O6S/c1-22-7-14-28(15-8-22)44(40,41)37(29-17-23(2)9-16-30(29)42-3)20-31(38)36-34-19-24-10-12-27(13-11-24)43-21-32(39)35-26-6-4-5-25(33)18-26/h4-19H,20-21H2,1-3H3,(H,35,39)(H,36,38)/b34-19-. The highest BCUT2D eigenvalue weighted by Gasteiger charge is 2.29. The van der Waals surface area contributed by atoms with Crippen LogP contribution < -0.4 is 24.5 Å². The molecule has 0 aliphatic rings. The lowest BCUT2D eigenvalue weighted by Crippen LogP contribution is -2.39. The maximum absolute atomic E-state index is 13.7. The first-order valence-corrected chi connectivity index (χ1v) is 15.2. The van der Waals surface area contributed by atoms with Crippen LogP contribution in [0, 0.1) is 13.8 Å². The monoisotopic (exact) mass is 634 g/mol. The molecule has 0 aliphatic carbocycles. The number of carbonyl (C=O) groups excluding carboxylic acids is 2. The fourth-order valence-electron chi connectivity index (χ4n) is 4.04. The van der Waals surface area contributed by atoms with Crippen molar-refractivity contribution in [1.82, 2.24) is 5.43 Å². The molecule has 4 aromatic carbocycles. The Morgan fingerprint density at radius 3 is 2.30 bits per heavy atom. The third-order valence-electron chi connectivity index (χ3n) is 6.26. The number of hydrogen-bond acceptors (Lipinski definition) is 7. The van der Waals surface area contributed by atoms with Crippen LogP contribution in [0.3, 0.4) is 0 Å². The number of hydrogen-bond donors (Lipinski definition) is 2. The van der Waals surface area contributed by atoms with Crippen molar-refractivity contribution < 1.29 is 27.5 Å². The van der Waals surface area contributed by atoms with Crippen LogP contribution in [0.15, 0.2) is 101 Å². The number of halogens is 1. The van der Waals surface area contributed by atoms with Gasteiger partial charge in [0.25, 0.3) is 21.8 Å². The normalized spacial score (nSPS) is 11.2. The van der Waals surface area contributed by atoms with Crippen molar-refractivity contribution in [2.45, 2.75) is 18.7 Å². The van der Waals surface area contributed by atoms with Crippen molar-refractivity contribution in [3.05, 3.63) is 113 Å². The van der Waals surface area contributed by atoms with Crippen LogP contribution in [0.1, 0.15) is 16.7 Å². The second-order valence-corrected chi connectivity index (χ2v) is 12.0. The summed E-state index contributed by atoms with van der Waals surface area (Å²) in [6.45, 7) is 2.92. The highest BCUT2D eigenvalue weighted by Crippen LogP contribution is 2.33. The van der Waals surface area contributed by atoms with Crippen LogP contribution in [-0.4, -0.2) is 46.7 Å². The average Bonchev–Trinajstić information content (AvgIpc) is 2.99. The molecule has 0 heterocycles. The Bertz CT molecular complexity index is 1760. The summed E-state index contributed by atoms with van der Waals surface area (Å²) in [4.78, 5) is 25.1. The van der Waals surface area contributed by atoms with Gasteiger partial charge in [-0.05, 0) is 91.7 Å². The molecule has 44 heavy (non-hydrogen) atoms. The van der Waals surface area contributed by atoms with E-state index in [0.29, 0.717) is 27.8 Å². The molecule has 0 saturated carbocycles. The third kappa shape index (κ3) is 8.59. The van der Waals surface area contributed by atoms with Gasteiger partial charge in [-0.3, -0.25) is 13.9 Å². The molecule has 0 bridgehead atoms. The Kier molecular flexibility index (Phi) is 10.6. The highest BCUT2D eigenvalue weighted by molar-refractivity contribution is 7.92. The summed E-state index contributed by atoms with van der Waals surface area (Å²) in [5.74, 6) is -0.253. The van der Waals surface area contributed by atoms with Gasteiger partial charge in [0, 0.05) is 10.7 Å². The lowest BCUT2D eigenvalue weighted by Gasteiger charge is -2.25. The summed E-state index contributed by atoms with van der Waals surface area (Å²) < 4.78 is 39.3. The minimum Gasteiger partial charge on any atom is -0.495 e. The zero-order chi connectivity index (χ0) is 31.7. The van der Waals surface area contributed by atoms with Gasteiger partial charge in [-0.25, -0.2) is 13.8 Å². The second kappa shape index (κ2) is 14.5. The van der Waals surface area contributed by atoms with Gasteiger partial charge in [-0.15, -0.1) is 0 Å². The Labute approximate surface area is 261 Å². The minimum atomic E-state index is -4.14. The molecule has 0 saturated heterocycles. The molecule has 0 fully saturated rings. The summed E-state index contributed by atoms with van der Waals surface area (Å²) >= 11 is 5.93. The van der Waals surface area contributed by atoms with Crippen molar-refractivity contribution in [2.75, 3.05) is 29.9 Å². The first kappa shape index (κ1) is 32.1. The predicted molar refractivity (Wildman–Crippen MR) is 171 cm³/mol. The molecular formula is C32H31ClN4O6S. The van der Waals surface area contributed by atoms with Gasteiger partial charge >= 0.3 is 0 Å². The lowest BCUT2D eigenvalue weighted by atomic mass is 10.2. The SMILES string of the molecule is COc1ccc(C)cc1N(CC(=O)N/N=C\c1ccc(OCC(=O)Nc2cccc(Cl)c2)cc1)S(=O)(=O)c1ccc(C)cc1. The Balaban J connectivity index is 1.40. The zero-order valence-corrected chi connectivity index (χ0v) is 25.9. The third-order valence-corrected chi connectivity index (χ3v) is 8.27. The molecule has 10 nitrogen and oxygen atoms in total. The van der Waals surface area contributed by atoms with E-state index >= 15 is 0 Å². The van der Waals surface area contributed by atoms with Crippen LogP contribution in [0.5, 0.6) is 11.5 Å². The maximum Gasteiger partial charge on any atom is 0.264 e. The molecule has 2 amide bonds. The molecule has 0 unspecified atom stereocenters. The predicted octanol–water partition coefficient (Wildman–Crippen LogP) is 5.33. The number of aryl methyl sites for hydroxylation is 2. The summed E-state index contributed by atoms with van der Waals surface area (Å²) in [5, 5.41) is 7.19. The largest absolute Gasteiger partial charge is 0.495 e. The van der Waals surface area contributed by atoms with E-state index in [-0.39, 0.29) is 23.1 Å². The molecule has 228 valence electrons. The van der Waals surface area contributed by atoms with E-state index in [2.05, 4.69) is 15.8 Å². The van der Waals surface area contributed by atoms with E-state index in [0.717, 1.165) is 15.4 Å². The quantitative estimate of drug-likeness (QED) is 0.160. The van der Waals surface area contributed by atoms with Gasteiger partial charge in [-0.2, -0.15) is 5.10 Å². The highest BCUT2D eigenvalue weighted by atomic mass is 35.5. The van der Waals surface area contributed by atoms with Crippen LogP contribution in [0.4, 0.5) is 11.4 Å². The fourth-order valence-corrected chi connectivity index (χ4v) is 5.65. The van der Waals surface area contributed by atoms with Gasteiger partial charge in [0.15, 0.2) is 6.61 Å². The van der Waals surface area contributed by atoms with Crippen LogP contribution in [-0.2, 0) is 19.6 Å². The molecular weight excluding hydrogens is 604 g/mol. The maximum atomic E-state index is 13.7. The molecule has 0 aliphatic heterocycles. The summed E-state index contributed by atoms with van der Waals surface area (Å²) in [7, 11) is -2.70. The van der Waals surface area contributed by atoms with Crippen molar-refractivity contribution in [1.29, 1.82) is 0 Å². The number of benzene rings is 4. The van der Waals surface area contributed by atoms with Gasteiger partial charge in [0.05, 0.1) is 23.9 Å². The molecule has 4 rings (SSSR count). The van der Waals surface area contributed by atoms with Crippen LogP contribution >= 0.6 is 11.6 Å². The van der Waals surface area contributed by atoms with Gasteiger partial charge in [-0.1, -0.05) is 41.4 Å². The number of carbonyl (C=O) groups is 2. The Morgan fingerprint density at radius 2 is 1.61 bits per heavy atom. The van der Waals surface area contributed by atoms with Crippen molar-refractivity contribution >= 4 is 51.0 Å². The molecule has 0 spiro atoms. The van der Waals surface area contributed by atoms with E-state index < -0.39 is 22.5 Å². The van der Waals surface area contributed by atoms with Crippen molar-refractivity contribution in [3.8, 4) is 11.5 Å². The lowest BCUT2D eigenvalue weighted by molar-refractivity contribution is -0.119. The first-order valence-electron chi connectivity index (χ1n) is 13.4. The van der Waals surface area contributed by atoms with Crippen molar-refractivity contribution in [3.63, 3.8) is 0 Å². The van der Waals surface area contributed by atoms with E-state index in [1.54, 1.807) is 78.9 Å². The number of nitrogens with zero attached hydrogens (tertiary/aromatic N) is 2. The van der Waals surface area contributed by atoms with Gasteiger partial charge in [0.1, 0.15) is 18.0 Å². The van der Waals surface area contributed by atoms with Crippen LogP contribution in [0.2, 0.25) is 5.02 Å². The second-order valence-electron chi connectivity index (χ2n) is 9.71. The van der Waals surface area contributed by atoms with Crippen molar-refractivity contribution in [2.24, 2.45) is 5.10 Å². The first-order chi connectivity index (χ1) is 21.0. The molecule has 0 aromatic heterocycles. The summed E-state index contributed by atoms with van der Waals surface area (Å²) in [6.07, 6.45) is 1.40. The molecule has 0 radical (unpaired) electrons. The van der Waals surface area contributed by atoms with Crippen LogP contribution in [0.25, 0.3) is 0 Å². The Hall–Kier alpha value is -4.87. The summed E-state index contributed by atoms with van der Waals surface area (Å²) in [5.41, 5.74) is 5.49. The Morgan fingerprint density at radius 1 is 0.909 bits per heavy atom. The van der Waals surface area contributed by atoms with E-state index in [1.165, 1.54) is 25.5 Å². The number of sulfonamides is 1.